The molecule has 0 radical (unpaired) electrons. The lowest BCUT2D eigenvalue weighted by Crippen LogP contribution is -2.50. The normalized spacial score (nSPS) is 19.7. The van der Waals surface area contributed by atoms with Gasteiger partial charge in [0.15, 0.2) is 5.17 Å². The second-order valence-corrected chi connectivity index (χ2v) is 10.6. The summed E-state index contributed by atoms with van der Waals surface area (Å²) in [6.45, 7) is 5.79. The van der Waals surface area contributed by atoms with Crippen LogP contribution in [0.4, 0.5) is 23.7 Å². The summed E-state index contributed by atoms with van der Waals surface area (Å²) in [5.74, 6) is 0.562. The first-order chi connectivity index (χ1) is 16.8. The van der Waals surface area contributed by atoms with Gasteiger partial charge in [0, 0.05) is 35.2 Å². The molecule has 1 unspecified atom stereocenters. The van der Waals surface area contributed by atoms with Crippen molar-refractivity contribution in [3.63, 3.8) is 0 Å². The van der Waals surface area contributed by atoms with Gasteiger partial charge in [0.2, 0.25) is 0 Å². The molecule has 0 aliphatic carbocycles. The summed E-state index contributed by atoms with van der Waals surface area (Å²) in [5.41, 5.74) is -1.44. The van der Waals surface area contributed by atoms with Crippen LogP contribution in [0.3, 0.4) is 0 Å². The maximum Gasteiger partial charge on any atom is 0.417 e. The van der Waals surface area contributed by atoms with Crippen LogP contribution in [0.25, 0.3) is 0 Å². The van der Waals surface area contributed by atoms with Gasteiger partial charge in [-0.25, -0.2) is 4.79 Å². The van der Waals surface area contributed by atoms with Crippen molar-refractivity contribution in [2.75, 3.05) is 17.7 Å². The quantitative estimate of drug-likeness (QED) is 0.532. The van der Waals surface area contributed by atoms with Gasteiger partial charge in [0.1, 0.15) is 11.4 Å². The number of amides is 2. The summed E-state index contributed by atoms with van der Waals surface area (Å²) in [5, 5.41) is 12.9. The molecule has 0 saturated heterocycles. The second kappa shape index (κ2) is 9.30. The Morgan fingerprint density at radius 1 is 1.17 bits per heavy atom. The first-order valence-electron chi connectivity index (χ1n) is 11.2. The number of anilines is 1. The number of hydrogen-bond donors (Lipinski definition) is 2. The van der Waals surface area contributed by atoms with E-state index < -0.39 is 34.8 Å². The van der Waals surface area contributed by atoms with E-state index in [9.17, 15) is 27.9 Å². The Morgan fingerprint density at radius 3 is 2.53 bits per heavy atom. The largest absolute Gasteiger partial charge is 0.493 e. The number of aliphatic imine (C=N–C) groups is 1. The number of halogens is 3. The van der Waals surface area contributed by atoms with Crippen molar-refractivity contribution in [2.45, 2.75) is 50.9 Å². The molecule has 1 atom stereocenters. The Bertz CT molecular complexity index is 1210. The summed E-state index contributed by atoms with van der Waals surface area (Å²) in [7, 11) is 0. The van der Waals surface area contributed by atoms with Crippen LogP contribution in [0.2, 0.25) is 0 Å². The highest BCUT2D eigenvalue weighted by atomic mass is 32.2. The number of fused-ring (bicyclic) bond motifs is 2. The summed E-state index contributed by atoms with van der Waals surface area (Å²) >= 11 is 1.38. The van der Waals surface area contributed by atoms with Crippen molar-refractivity contribution >= 4 is 34.6 Å². The Labute approximate surface area is 209 Å². The van der Waals surface area contributed by atoms with Crippen LogP contribution in [0.15, 0.2) is 41.5 Å². The highest BCUT2D eigenvalue weighted by Crippen LogP contribution is 2.47. The zero-order valence-electron chi connectivity index (χ0n) is 19.8. The molecule has 3 heterocycles. The number of nitrogens with zero attached hydrogens (tertiary/aromatic N) is 3. The van der Waals surface area contributed by atoms with Crippen molar-refractivity contribution in [1.82, 2.24) is 9.88 Å². The number of nitrogens with one attached hydrogen (secondary N) is 1. The average Bonchev–Trinajstić information content (AvgIpc) is 2.78. The molecular formula is C24H25F3N4O4S. The molecule has 192 valence electrons. The van der Waals surface area contributed by atoms with E-state index in [-0.39, 0.29) is 5.69 Å². The fourth-order valence-electron chi connectivity index (χ4n) is 4.18. The molecule has 2 aliphatic rings. The van der Waals surface area contributed by atoms with Crippen LogP contribution in [-0.2, 0) is 11.7 Å². The van der Waals surface area contributed by atoms with Crippen LogP contribution in [0, 0.1) is 0 Å². The Hall–Kier alpha value is -3.28. The lowest BCUT2D eigenvalue weighted by atomic mass is 9.82. The molecule has 0 saturated carbocycles. The highest BCUT2D eigenvalue weighted by Gasteiger charge is 2.43. The number of aromatic nitrogens is 1. The minimum absolute atomic E-state index is 0.164. The van der Waals surface area contributed by atoms with E-state index >= 15 is 0 Å². The third kappa shape index (κ3) is 5.13. The van der Waals surface area contributed by atoms with E-state index in [2.05, 4.69) is 10.3 Å². The monoisotopic (exact) mass is 522 g/mol. The third-order valence-electron chi connectivity index (χ3n) is 5.95. The molecule has 0 fully saturated rings. The lowest BCUT2D eigenvalue weighted by molar-refractivity contribution is -0.137. The van der Waals surface area contributed by atoms with E-state index in [4.69, 9.17) is 9.73 Å². The van der Waals surface area contributed by atoms with Crippen molar-refractivity contribution in [2.24, 2.45) is 4.99 Å². The predicted octanol–water partition coefficient (Wildman–Crippen LogP) is 5.60. The number of hydrogen-bond acceptors (Lipinski definition) is 6. The first kappa shape index (κ1) is 25.8. The Kier molecular flexibility index (Phi) is 6.67. The van der Waals surface area contributed by atoms with Crippen molar-refractivity contribution in [3.05, 3.63) is 53.3 Å². The van der Waals surface area contributed by atoms with Crippen LogP contribution < -0.4 is 10.1 Å². The van der Waals surface area contributed by atoms with Gasteiger partial charge in [0.25, 0.3) is 5.91 Å². The zero-order valence-corrected chi connectivity index (χ0v) is 20.7. The van der Waals surface area contributed by atoms with Gasteiger partial charge in [0.05, 0.1) is 17.7 Å². The third-order valence-corrected chi connectivity index (χ3v) is 6.89. The van der Waals surface area contributed by atoms with Crippen LogP contribution in [-0.4, -0.2) is 50.1 Å². The fraction of sp³-hybridized carbons (Fsp3) is 0.417. The van der Waals surface area contributed by atoms with Crippen LogP contribution in [0.5, 0.6) is 5.75 Å². The maximum absolute atomic E-state index is 12.8. The van der Waals surface area contributed by atoms with Gasteiger partial charge in [-0.3, -0.25) is 19.7 Å². The van der Waals surface area contributed by atoms with Crippen molar-refractivity contribution < 1.29 is 32.6 Å². The molecular weight excluding hydrogens is 497 g/mol. The maximum atomic E-state index is 12.8. The summed E-state index contributed by atoms with van der Waals surface area (Å²) in [6.07, 6.45) is -3.85. The number of carbonyl (C=O) groups excluding carboxylic acids is 1. The van der Waals surface area contributed by atoms with Crippen molar-refractivity contribution in [1.29, 1.82) is 0 Å². The number of alkyl halides is 3. The van der Waals surface area contributed by atoms with Gasteiger partial charge in [-0.15, -0.1) is 0 Å². The van der Waals surface area contributed by atoms with Gasteiger partial charge in [-0.2, -0.15) is 13.2 Å². The molecule has 4 rings (SSSR count). The van der Waals surface area contributed by atoms with E-state index in [1.807, 2.05) is 0 Å². The number of carboxylic acid groups (broad SMARTS) is 1. The summed E-state index contributed by atoms with van der Waals surface area (Å²) in [4.78, 5) is 34.5. The Morgan fingerprint density at radius 2 is 1.92 bits per heavy atom. The standard InChI is InChI=1S/C24H25F3N4O4S/c1-22(2,3)31(21(33)34)20-30-23(9-11-36-20)8-10-35-18-7-5-15(12-16(18)23)29-19(32)17-6-4-14(13-28-17)24(25,26)27/h4-7,12-13H,8-11H2,1-3H3,(H,29,32)(H,33,34). The fourth-order valence-corrected chi connectivity index (χ4v) is 5.52. The van der Waals surface area contributed by atoms with E-state index in [0.29, 0.717) is 53.6 Å². The second-order valence-electron chi connectivity index (χ2n) is 9.51. The minimum Gasteiger partial charge on any atom is -0.493 e. The van der Waals surface area contributed by atoms with Gasteiger partial charge in [-0.1, -0.05) is 11.8 Å². The molecule has 36 heavy (non-hydrogen) atoms. The van der Waals surface area contributed by atoms with E-state index in [0.717, 1.165) is 12.1 Å². The van der Waals surface area contributed by atoms with Gasteiger partial charge >= 0.3 is 12.3 Å². The smallest absolute Gasteiger partial charge is 0.417 e. The number of thioether (sulfide) groups is 1. The number of rotatable bonds is 2. The molecule has 2 aliphatic heterocycles. The molecule has 12 heteroatoms. The average molecular weight is 523 g/mol. The van der Waals surface area contributed by atoms with Crippen LogP contribution >= 0.6 is 11.8 Å². The number of benzene rings is 1. The number of amidine groups is 1. The molecule has 2 amide bonds. The molecule has 0 bridgehead atoms. The predicted molar refractivity (Wildman–Crippen MR) is 130 cm³/mol. The van der Waals surface area contributed by atoms with E-state index in [1.54, 1.807) is 39.0 Å². The SMILES string of the molecule is CC(C)(C)N(C(=O)O)C1=NC2(CCOc3ccc(NC(=O)c4ccc(C(F)(F)F)cn4)cc32)CCS1. The van der Waals surface area contributed by atoms with Crippen LogP contribution in [0.1, 0.15) is 55.2 Å². The Balaban J connectivity index is 1.65. The van der Waals surface area contributed by atoms with E-state index in [1.165, 1.54) is 16.7 Å². The lowest BCUT2D eigenvalue weighted by Gasteiger charge is -2.42. The summed E-state index contributed by atoms with van der Waals surface area (Å²) in [6, 6.07) is 6.86. The molecule has 1 spiro atoms. The minimum atomic E-state index is -4.55. The molecule has 1 aromatic heterocycles. The first-order valence-corrected chi connectivity index (χ1v) is 12.2. The van der Waals surface area contributed by atoms with Crippen molar-refractivity contribution in [3.8, 4) is 5.75 Å². The van der Waals surface area contributed by atoms with Gasteiger partial charge in [-0.05, 0) is 57.5 Å². The summed E-state index contributed by atoms with van der Waals surface area (Å²) < 4.78 is 44.2. The topological polar surface area (TPSA) is 104 Å². The highest BCUT2D eigenvalue weighted by molar-refractivity contribution is 8.13. The molecule has 8 nitrogen and oxygen atoms in total. The molecule has 1 aromatic carbocycles. The molecule has 2 aromatic rings. The number of pyridine rings is 1. The number of carbonyl (C=O) groups is 2. The van der Waals surface area contributed by atoms with Gasteiger partial charge < -0.3 is 15.2 Å². The molecule has 2 N–H and O–H groups in total. The number of ether oxygens (including phenoxy) is 1. The zero-order chi connectivity index (χ0) is 26.3.